The molecule has 2 aromatic rings. The molecule has 152 valence electrons. The summed E-state index contributed by atoms with van der Waals surface area (Å²) in [6, 6.07) is 11.7. The summed E-state index contributed by atoms with van der Waals surface area (Å²) in [5.74, 6) is -0.539. The average Bonchev–Trinajstić information content (AvgIpc) is 2.68. The zero-order chi connectivity index (χ0) is 21.0. The Morgan fingerprint density at radius 3 is 2.38 bits per heavy atom. The molecule has 2 aromatic carbocycles. The maximum Gasteiger partial charge on any atom is 0.258 e. The number of para-hydroxylation sites is 1. The van der Waals surface area contributed by atoms with Crippen molar-refractivity contribution in [2.75, 3.05) is 38.5 Å². The Kier molecular flexibility index (Phi) is 7.08. The van der Waals surface area contributed by atoms with E-state index >= 15 is 0 Å². The van der Waals surface area contributed by atoms with E-state index in [0.717, 1.165) is 13.1 Å². The minimum Gasteiger partial charge on any atom is -0.336 e. The highest BCUT2D eigenvalue weighted by molar-refractivity contribution is 7.80. The highest BCUT2D eigenvalue weighted by atomic mass is 35.5. The van der Waals surface area contributed by atoms with Gasteiger partial charge in [0.25, 0.3) is 11.8 Å². The number of thiocarbonyl (C=S) groups is 1. The molecule has 0 radical (unpaired) electrons. The summed E-state index contributed by atoms with van der Waals surface area (Å²) in [4.78, 5) is 29.4. The van der Waals surface area contributed by atoms with Crippen LogP contribution in [0, 0.1) is 0 Å². The van der Waals surface area contributed by atoms with Crippen LogP contribution in [-0.2, 0) is 0 Å². The molecule has 29 heavy (non-hydrogen) atoms. The van der Waals surface area contributed by atoms with Gasteiger partial charge in [0.05, 0.1) is 21.8 Å². The Bertz CT molecular complexity index is 946. The van der Waals surface area contributed by atoms with Crippen LogP contribution in [-0.4, -0.2) is 60.0 Å². The van der Waals surface area contributed by atoms with Gasteiger partial charge < -0.3 is 15.1 Å². The summed E-state index contributed by atoms with van der Waals surface area (Å²) >= 11 is 17.2. The van der Waals surface area contributed by atoms with Crippen LogP contribution < -0.4 is 10.6 Å². The van der Waals surface area contributed by atoms with Crippen LogP contribution >= 0.6 is 35.4 Å². The molecule has 2 N–H and O–H groups in total. The van der Waals surface area contributed by atoms with Crippen molar-refractivity contribution in [3.8, 4) is 0 Å². The summed E-state index contributed by atoms with van der Waals surface area (Å²) in [6.45, 7) is 3.00. The number of anilines is 1. The van der Waals surface area contributed by atoms with Gasteiger partial charge in [-0.15, -0.1) is 0 Å². The van der Waals surface area contributed by atoms with E-state index in [1.807, 2.05) is 11.9 Å². The van der Waals surface area contributed by atoms with E-state index in [1.165, 1.54) is 12.1 Å². The monoisotopic (exact) mass is 450 g/mol. The van der Waals surface area contributed by atoms with Gasteiger partial charge in [0.2, 0.25) is 0 Å². The van der Waals surface area contributed by atoms with Gasteiger partial charge in [0.1, 0.15) is 0 Å². The van der Waals surface area contributed by atoms with Crippen LogP contribution in [0.2, 0.25) is 10.0 Å². The highest BCUT2D eigenvalue weighted by Gasteiger charge is 2.22. The Balaban J connectivity index is 1.69. The molecule has 0 saturated carbocycles. The van der Waals surface area contributed by atoms with Gasteiger partial charge in [-0.05, 0) is 49.6 Å². The van der Waals surface area contributed by atoms with Gasteiger partial charge in [-0.2, -0.15) is 0 Å². The number of hydrogen-bond donors (Lipinski definition) is 2. The summed E-state index contributed by atoms with van der Waals surface area (Å²) < 4.78 is 0. The van der Waals surface area contributed by atoms with Gasteiger partial charge in [-0.3, -0.25) is 14.9 Å². The Morgan fingerprint density at radius 1 is 1.00 bits per heavy atom. The van der Waals surface area contributed by atoms with E-state index < -0.39 is 5.91 Å². The lowest BCUT2D eigenvalue weighted by Crippen LogP contribution is -2.47. The van der Waals surface area contributed by atoms with Crippen molar-refractivity contribution in [2.45, 2.75) is 0 Å². The van der Waals surface area contributed by atoms with Gasteiger partial charge in [0, 0.05) is 31.2 Å². The molecule has 1 aliphatic heterocycles. The van der Waals surface area contributed by atoms with Gasteiger partial charge in [-0.25, -0.2) is 0 Å². The molecular formula is C20H20Cl2N4O2S. The van der Waals surface area contributed by atoms with Crippen molar-refractivity contribution >= 4 is 58.0 Å². The number of rotatable bonds is 3. The fourth-order valence-electron chi connectivity index (χ4n) is 2.96. The summed E-state index contributed by atoms with van der Waals surface area (Å²) in [7, 11) is 2.03. The van der Waals surface area contributed by atoms with Crippen molar-refractivity contribution < 1.29 is 9.59 Å². The van der Waals surface area contributed by atoms with Crippen LogP contribution in [0.1, 0.15) is 20.7 Å². The lowest BCUT2D eigenvalue weighted by molar-refractivity contribution is 0.0665. The van der Waals surface area contributed by atoms with Crippen molar-refractivity contribution in [3.63, 3.8) is 0 Å². The van der Waals surface area contributed by atoms with Gasteiger partial charge >= 0.3 is 0 Å². The van der Waals surface area contributed by atoms with Crippen LogP contribution in [0.25, 0.3) is 0 Å². The van der Waals surface area contributed by atoms with E-state index in [0.29, 0.717) is 29.4 Å². The predicted octanol–water partition coefficient (Wildman–Crippen LogP) is 3.51. The first-order valence-corrected chi connectivity index (χ1v) is 10.2. The zero-order valence-electron chi connectivity index (χ0n) is 15.7. The lowest BCUT2D eigenvalue weighted by atomic mass is 10.1. The van der Waals surface area contributed by atoms with Crippen LogP contribution in [0.3, 0.4) is 0 Å². The van der Waals surface area contributed by atoms with E-state index in [1.54, 1.807) is 30.3 Å². The minimum atomic E-state index is -0.466. The number of nitrogens with one attached hydrogen (secondary N) is 2. The number of nitrogens with zero attached hydrogens (tertiary/aromatic N) is 2. The minimum absolute atomic E-state index is 0.0691. The topological polar surface area (TPSA) is 64.7 Å². The molecule has 0 atom stereocenters. The smallest absolute Gasteiger partial charge is 0.258 e. The molecule has 9 heteroatoms. The molecule has 6 nitrogen and oxygen atoms in total. The summed E-state index contributed by atoms with van der Waals surface area (Å²) in [6.07, 6.45) is 0. The number of carbonyl (C=O) groups is 2. The second-order valence-corrected chi connectivity index (χ2v) is 7.93. The lowest BCUT2D eigenvalue weighted by Gasteiger charge is -2.32. The predicted molar refractivity (Wildman–Crippen MR) is 120 cm³/mol. The molecule has 3 rings (SSSR count). The second kappa shape index (κ2) is 9.54. The van der Waals surface area contributed by atoms with Crippen LogP contribution in [0.5, 0.6) is 0 Å². The fraction of sp³-hybridized carbons (Fsp3) is 0.250. The first-order chi connectivity index (χ1) is 13.8. The molecule has 2 amide bonds. The molecular weight excluding hydrogens is 431 g/mol. The van der Waals surface area contributed by atoms with Gasteiger partial charge in [0.15, 0.2) is 5.11 Å². The molecule has 1 aliphatic rings. The third kappa shape index (κ3) is 5.45. The van der Waals surface area contributed by atoms with Crippen LogP contribution in [0.4, 0.5) is 5.69 Å². The first-order valence-electron chi connectivity index (χ1n) is 8.99. The molecule has 1 heterocycles. The summed E-state index contributed by atoms with van der Waals surface area (Å²) in [5, 5.41) is 6.25. The number of piperazine rings is 1. The maximum atomic E-state index is 12.9. The standard InChI is InChI=1S/C20H20Cl2N4O2S/c1-25-8-10-26(11-9-25)19(28)15-4-2-3-5-17(15)23-20(29)24-18(27)14-7-6-13(21)12-16(14)22/h2-7,12H,8-11H2,1H3,(H2,23,24,27,29). The third-order valence-corrected chi connectivity index (χ3v) is 5.35. The maximum absolute atomic E-state index is 12.9. The molecule has 0 spiro atoms. The third-order valence-electron chi connectivity index (χ3n) is 4.60. The number of halogens is 2. The fourth-order valence-corrected chi connectivity index (χ4v) is 3.65. The normalized spacial score (nSPS) is 14.4. The first kappa shape index (κ1) is 21.5. The summed E-state index contributed by atoms with van der Waals surface area (Å²) in [5.41, 5.74) is 1.28. The SMILES string of the molecule is CN1CCN(C(=O)c2ccccc2NC(=S)NC(=O)c2ccc(Cl)cc2Cl)CC1. The van der Waals surface area contributed by atoms with Crippen molar-refractivity contribution in [3.05, 3.63) is 63.6 Å². The largest absolute Gasteiger partial charge is 0.336 e. The second-order valence-electron chi connectivity index (χ2n) is 6.67. The average molecular weight is 451 g/mol. The Labute approximate surface area is 184 Å². The van der Waals surface area contributed by atoms with Crippen molar-refractivity contribution in [2.24, 2.45) is 0 Å². The Morgan fingerprint density at radius 2 is 1.69 bits per heavy atom. The number of carbonyl (C=O) groups excluding carboxylic acids is 2. The zero-order valence-corrected chi connectivity index (χ0v) is 18.1. The van der Waals surface area contributed by atoms with Crippen molar-refractivity contribution in [1.82, 2.24) is 15.1 Å². The van der Waals surface area contributed by atoms with E-state index in [4.69, 9.17) is 35.4 Å². The number of amides is 2. The highest BCUT2D eigenvalue weighted by Crippen LogP contribution is 2.21. The van der Waals surface area contributed by atoms with E-state index in [2.05, 4.69) is 15.5 Å². The number of hydrogen-bond acceptors (Lipinski definition) is 4. The van der Waals surface area contributed by atoms with Crippen molar-refractivity contribution in [1.29, 1.82) is 0 Å². The molecule has 0 aliphatic carbocycles. The van der Waals surface area contributed by atoms with E-state index in [-0.39, 0.29) is 21.6 Å². The number of benzene rings is 2. The molecule has 0 unspecified atom stereocenters. The van der Waals surface area contributed by atoms with Gasteiger partial charge in [-0.1, -0.05) is 35.3 Å². The molecule has 0 aromatic heterocycles. The van der Waals surface area contributed by atoms with E-state index in [9.17, 15) is 9.59 Å². The van der Waals surface area contributed by atoms with Crippen LogP contribution in [0.15, 0.2) is 42.5 Å². The molecule has 0 bridgehead atoms. The quantitative estimate of drug-likeness (QED) is 0.700. The molecule has 1 saturated heterocycles. The Hall–Kier alpha value is -2.19. The molecule has 1 fully saturated rings. The number of likely N-dealkylation sites (N-methyl/N-ethyl adjacent to an activating group) is 1.